The Morgan fingerprint density at radius 3 is 2.31 bits per heavy atom. The van der Waals surface area contributed by atoms with Crippen molar-refractivity contribution in [3.8, 4) is 12.3 Å². The predicted molar refractivity (Wildman–Crippen MR) is 109 cm³/mol. The van der Waals surface area contributed by atoms with Crippen LogP contribution in [0.1, 0.15) is 24.0 Å². The van der Waals surface area contributed by atoms with Crippen LogP contribution >= 0.6 is 0 Å². The first kappa shape index (κ1) is 22.1. The standard InChI is InChI=1S/C21H22N2O5S/c1-2-16-8-10-18(11-9-16)29(27,28)23-19(21(25)26)12-13-20(24)22-15-14-17-6-4-3-5-7-17/h1,3-11,19,23H,12-15H2,(H,22,24)(H,25,26)/t19-/m1/s1. The summed E-state index contributed by atoms with van der Waals surface area (Å²) in [6.45, 7) is 0.411. The Balaban J connectivity index is 1.88. The van der Waals surface area contributed by atoms with Crippen molar-refractivity contribution in [3.63, 3.8) is 0 Å². The molecule has 0 fully saturated rings. The summed E-state index contributed by atoms with van der Waals surface area (Å²) in [4.78, 5) is 23.3. The molecule has 152 valence electrons. The molecule has 2 aromatic carbocycles. The summed E-state index contributed by atoms with van der Waals surface area (Å²) >= 11 is 0. The van der Waals surface area contributed by atoms with E-state index < -0.39 is 22.0 Å². The van der Waals surface area contributed by atoms with E-state index in [-0.39, 0.29) is 23.6 Å². The van der Waals surface area contributed by atoms with Gasteiger partial charge in [0.15, 0.2) is 0 Å². The second-order valence-corrected chi connectivity index (χ2v) is 8.02. The molecule has 0 saturated heterocycles. The van der Waals surface area contributed by atoms with Crippen LogP contribution in [-0.4, -0.2) is 38.0 Å². The van der Waals surface area contributed by atoms with Gasteiger partial charge in [-0.15, -0.1) is 6.42 Å². The number of carbonyl (C=O) groups is 2. The Hall–Kier alpha value is -3.15. The molecule has 0 heterocycles. The zero-order valence-electron chi connectivity index (χ0n) is 15.7. The average molecular weight is 414 g/mol. The van der Waals surface area contributed by atoms with E-state index in [1.165, 1.54) is 24.3 Å². The SMILES string of the molecule is C#Cc1ccc(S(=O)(=O)N[C@H](CCC(=O)NCCc2ccccc2)C(=O)O)cc1. The largest absolute Gasteiger partial charge is 0.480 e. The maximum Gasteiger partial charge on any atom is 0.321 e. The van der Waals surface area contributed by atoms with Gasteiger partial charge in [0.25, 0.3) is 0 Å². The molecular weight excluding hydrogens is 392 g/mol. The summed E-state index contributed by atoms with van der Waals surface area (Å²) in [6, 6.07) is 13.7. The van der Waals surface area contributed by atoms with Crippen LogP contribution in [0.3, 0.4) is 0 Å². The van der Waals surface area contributed by atoms with E-state index >= 15 is 0 Å². The highest BCUT2D eigenvalue weighted by Gasteiger charge is 2.26. The number of carbonyl (C=O) groups excluding carboxylic acids is 1. The van der Waals surface area contributed by atoms with E-state index in [0.29, 0.717) is 18.5 Å². The zero-order chi connectivity index (χ0) is 21.3. The minimum Gasteiger partial charge on any atom is -0.480 e. The molecule has 1 amide bonds. The zero-order valence-corrected chi connectivity index (χ0v) is 16.5. The van der Waals surface area contributed by atoms with Gasteiger partial charge in [0, 0.05) is 18.5 Å². The molecule has 29 heavy (non-hydrogen) atoms. The first-order valence-corrected chi connectivity index (χ1v) is 10.4. The van der Waals surface area contributed by atoms with Gasteiger partial charge in [-0.2, -0.15) is 4.72 Å². The van der Waals surface area contributed by atoms with Crippen LogP contribution in [0.4, 0.5) is 0 Å². The van der Waals surface area contributed by atoms with Crippen LogP contribution in [0.15, 0.2) is 59.5 Å². The second kappa shape index (κ2) is 10.4. The quantitative estimate of drug-likeness (QED) is 0.511. The Morgan fingerprint density at radius 1 is 1.07 bits per heavy atom. The Labute approximate surface area is 170 Å². The first-order chi connectivity index (χ1) is 13.8. The van der Waals surface area contributed by atoms with Gasteiger partial charge in [-0.3, -0.25) is 9.59 Å². The molecule has 0 bridgehead atoms. The lowest BCUT2D eigenvalue weighted by molar-refractivity contribution is -0.139. The number of sulfonamides is 1. The molecule has 2 aromatic rings. The number of aliphatic carboxylic acids is 1. The number of amides is 1. The highest BCUT2D eigenvalue weighted by molar-refractivity contribution is 7.89. The minimum absolute atomic E-state index is 0.102. The Bertz CT molecular complexity index is 980. The molecule has 0 radical (unpaired) electrons. The molecule has 8 heteroatoms. The second-order valence-electron chi connectivity index (χ2n) is 6.31. The molecule has 3 N–H and O–H groups in total. The summed E-state index contributed by atoms with van der Waals surface area (Å²) in [5.41, 5.74) is 1.57. The van der Waals surface area contributed by atoms with Crippen molar-refractivity contribution in [2.75, 3.05) is 6.54 Å². The van der Waals surface area contributed by atoms with E-state index in [1.807, 2.05) is 30.3 Å². The van der Waals surface area contributed by atoms with Crippen molar-refractivity contribution in [1.82, 2.24) is 10.0 Å². The molecule has 0 aliphatic carbocycles. The van der Waals surface area contributed by atoms with Crippen LogP contribution in [0.5, 0.6) is 0 Å². The van der Waals surface area contributed by atoms with E-state index in [2.05, 4.69) is 16.0 Å². The first-order valence-electron chi connectivity index (χ1n) is 8.94. The van der Waals surface area contributed by atoms with Gasteiger partial charge in [-0.1, -0.05) is 36.3 Å². The molecule has 0 aliphatic heterocycles. The van der Waals surface area contributed by atoms with Crippen molar-refractivity contribution < 1.29 is 23.1 Å². The minimum atomic E-state index is -4.06. The highest BCUT2D eigenvalue weighted by Crippen LogP contribution is 2.12. The summed E-state index contributed by atoms with van der Waals surface area (Å²) in [5, 5.41) is 12.0. The number of rotatable bonds is 10. The highest BCUT2D eigenvalue weighted by atomic mass is 32.2. The molecule has 1 atom stereocenters. The number of hydrogen-bond acceptors (Lipinski definition) is 4. The fourth-order valence-electron chi connectivity index (χ4n) is 2.57. The van der Waals surface area contributed by atoms with Crippen molar-refractivity contribution in [3.05, 3.63) is 65.7 Å². The number of hydrogen-bond donors (Lipinski definition) is 3. The summed E-state index contributed by atoms with van der Waals surface area (Å²) in [6.07, 6.45) is 5.59. The van der Waals surface area contributed by atoms with Crippen LogP contribution in [0.25, 0.3) is 0 Å². The summed E-state index contributed by atoms with van der Waals surface area (Å²) in [5.74, 6) is 0.672. The number of terminal acetylenes is 1. The van der Waals surface area contributed by atoms with Gasteiger partial charge < -0.3 is 10.4 Å². The van der Waals surface area contributed by atoms with Crippen molar-refractivity contribution in [1.29, 1.82) is 0 Å². The molecule has 7 nitrogen and oxygen atoms in total. The van der Waals surface area contributed by atoms with Gasteiger partial charge in [0.2, 0.25) is 15.9 Å². The van der Waals surface area contributed by atoms with Crippen LogP contribution < -0.4 is 10.0 Å². The smallest absolute Gasteiger partial charge is 0.321 e. The lowest BCUT2D eigenvalue weighted by Crippen LogP contribution is -2.41. The molecule has 0 unspecified atom stereocenters. The van der Waals surface area contributed by atoms with Gasteiger partial charge in [-0.25, -0.2) is 8.42 Å². The number of nitrogens with one attached hydrogen (secondary N) is 2. The Morgan fingerprint density at radius 2 is 1.72 bits per heavy atom. The van der Waals surface area contributed by atoms with E-state index in [0.717, 1.165) is 5.56 Å². The fraction of sp³-hybridized carbons (Fsp3) is 0.238. The molecule has 0 aromatic heterocycles. The maximum absolute atomic E-state index is 12.4. The van der Waals surface area contributed by atoms with Crippen LogP contribution in [-0.2, 0) is 26.0 Å². The van der Waals surface area contributed by atoms with E-state index in [9.17, 15) is 23.1 Å². The monoisotopic (exact) mass is 414 g/mol. The molecule has 0 spiro atoms. The molecular formula is C21H22N2O5S. The van der Waals surface area contributed by atoms with Gasteiger partial charge in [0.1, 0.15) is 6.04 Å². The molecule has 0 aliphatic rings. The number of carboxylic acids is 1. The van der Waals surface area contributed by atoms with Crippen molar-refractivity contribution in [2.24, 2.45) is 0 Å². The van der Waals surface area contributed by atoms with E-state index in [1.54, 1.807) is 0 Å². The fourth-order valence-corrected chi connectivity index (χ4v) is 3.80. The van der Waals surface area contributed by atoms with Gasteiger partial charge >= 0.3 is 5.97 Å². The number of benzene rings is 2. The van der Waals surface area contributed by atoms with Crippen LogP contribution in [0.2, 0.25) is 0 Å². The maximum atomic E-state index is 12.4. The molecule has 2 rings (SSSR count). The van der Waals surface area contributed by atoms with Crippen LogP contribution in [0, 0.1) is 12.3 Å². The summed E-state index contributed by atoms with van der Waals surface area (Å²) < 4.78 is 26.9. The molecule has 0 saturated carbocycles. The Kier molecular flexibility index (Phi) is 7.95. The number of carboxylic acid groups (broad SMARTS) is 1. The third-order valence-electron chi connectivity index (χ3n) is 4.17. The van der Waals surface area contributed by atoms with E-state index in [4.69, 9.17) is 6.42 Å². The average Bonchev–Trinajstić information content (AvgIpc) is 2.71. The topological polar surface area (TPSA) is 113 Å². The normalized spacial score (nSPS) is 12.0. The summed E-state index contributed by atoms with van der Waals surface area (Å²) in [7, 11) is -4.06. The third-order valence-corrected chi connectivity index (χ3v) is 5.65. The lowest BCUT2D eigenvalue weighted by Gasteiger charge is -2.15. The van der Waals surface area contributed by atoms with Gasteiger partial charge in [0.05, 0.1) is 4.90 Å². The lowest BCUT2D eigenvalue weighted by atomic mass is 10.1. The van der Waals surface area contributed by atoms with Crippen molar-refractivity contribution in [2.45, 2.75) is 30.2 Å². The predicted octanol–water partition coefficient (Wildman–Crippen LogP) is 1.54. The van der Waals surface area contributed by atoms with Crippen molar-refractivity contribution >= 4 is 21.9 Å². The third kappa shape index (κ3) is 7.07. The van der Waals surface area contributed by atoms with Gasteiger partial charge in [-0.05, 0) is 42.7 Å².